The Balaban J connectivity index is 1.93. The molecule has 1 saturated heterocycles. The summed E-state index contributed by atoms with van der Waals surface area (Å²) in [4.78, 5) is 14.4. The monoisotopic (exact) mass is 318 g/mol. The summed E-state index contributed by atoms with van der Waals surface area (Å²) in [5, 5.41) is 3.29. The van der Waals surface area contributed by atoms with Gasteiger partial charge in [-0.15, -0.1) is 0 Å². The van der Waals surface area contributed by atoms with Crippen LogP contribution < -0.4 is 10.1 Å². The van der Waals surface area contributed by atoms with Gasteiger partial charge in [0.15, 0.2) is 0 Å². The van der Waals surface area contributed by atoms with Gasteiger partial charge in [0, 0.05) is 32.6 Å². The van der Waals surface area contributed by atoms with E-state index < -0.39 is 0 Å². The lowest BCUT2D eigenvalue weighted by Crippen LogP contribution is -2.46. The van der Waals surface area contributed by atoms with Gasteiger partial charge in [0.2, 0.25) is 5.91 Å². The fourth-order valence-corrected chi connectivity index (χ4v) is 3.18. The van der Waals surface area contributed by atoms with Gasteiger partial charge >= 0.3 is 0 Å². The third-order valence-corrected chi connectivity index (χ3v) is 4.43. The number of carbonyl (C=O) groups excluding carboxylic acids is 1. The molecule has 1 heterocycles. The van der Waals surface area contributed by atoms with E-state index in [1.807, 2.05) is 17.9 Å². The molecular weight excluding hydrogens is 288 g/mol. The maximum atomic E-state index is 12.4. The molecule has 1 aromatic rings. The largest absolute Gasteiger partial charge is 0.494 e. The van der Waals surface area contributed by atoms with Crippen molar-refractivity contribution in [2.45, 2.75) is 40.0 Å². The molecule has 0 aromatic heterocycles. The smallest absolute Gasteiger partial charge is 0.222 e. The van der Waals surface area contributed by atoms with Gasteiger partial charge in [-0.05, 0) is 48.9 Å². The second-order valence-electron chi connectivity index (χ2n) is 6.36. The van der Waals surface area contributed by atoms with Crippen molar-refractivity contribution in [1.82, 2.24) is 10.2 Å². The molecule has 0 radical (unpaired) electrons. The van der Waals surface area contributed by atoms with Crippen molar-refractivity contribution in [1.29, 1.82) is 0 Å². The first-order valence-corrected chi connectivity index (χ1v) is 8.87. The highest BCUT2D eigenvalue weighted by molar-refractivity contribution is 5.76. The maximum Gasteiger partial charge on any atom is 0.222 e. The Hall–Kier alpha value is -1.55. The number of aryl methyl sites for hydroxylation is 1. The number of rotatable bonds is 7. The summed E-state index contributed by atoms with van der Waals surface area (Å²) in [5.41, 5.74) is 2.67. The molecule has 1 aliphatic heterocycles. The van der Waals surface area contributed by atoms with Crippen molar-refractivity contribution < 1.29 is 9.53 Å². The second-order valence-corrected chi connectivity index (χ2v) is 6.36. The molecule has 0 bridgehead atoms. The van der Waals surface area contributed by atoms with E-state index in [0.29, 0.717) is 24.9 Å². The molecule has 1 fully saturated rings. The summed E-state index contributed by atoms with van der Waals surface area (Å²) in [6, 6.07) is 6.35. The van der Waals surface area contributed by atoms with Crippen molar-refractivity contribution in [3.8, 4) is 5.75 Å². The first kappa shape index (κ1) is 17.8. The van der Waals surface area contributed by atoms with Crippen molar-refractivity contribution in [3.05, 3.63) is 29.3 Å². The topological polar surface area (TPSA) is 41.6 Å². The van der Waals surface area contributed by atoms with E-state index in [4.69, 9.17) is 4.74 Å². The molecule has 0 saturated carbocycles. The zero-order chi connectivity index (χ0) is 16.7. The van der Waals surface area contributed by atoms with Gasteiger partial charge in [0.25, 0.3) is 0 Å². The lowest BCUT2D eigenvalue weighted by molar-refractivity contribution is -0.132. The van der Waals surface area contributed by atoms with Crippen molar-refractivity contribution in [3.63, 3.8) is 0 Å². The Kier molecular flexibility index (Phi) is 6.90. The van der Waals surface area contributed by atoms with E-state index in [9.17, 15) is 4.79 Å². The van der Waals surface area contributed by atoms with Gasteiger partial charge < -0.3 is 15.0 Å². The number of ether oxygens (including phenoxy) is 1. The van der Waals surface area contributed by atoms with E-state index in [1.165, 1.54) is 11.1 Å². The van der Waals surface area contributed by atoms with E-state index >= 15 is 0 Å². The Labute approximate surface area is 140 Å². The normalized spacial score (nSPS) is 16.2. The molecule has 23 heavy (non-hydrogen) atoms. The van der Waals surface area contributed by atoms with Crippen LogP contribution in [0.3, 0.4) is 0 Å². The van der Waals surface area contributed by atoms with Crippen LogP contribution in [0.25, 0.3) is 0 Å². The van der Waals surface area contributed by atoms with Crippen LogP contribution in [0.2, 0.25) is 0 Å². The Bertz CT molecular complexity index is 510. The summed E-state index contributed by atoms with van der Waals surface area (Å²) in [7, 11) is 0. The zero-order valence-corrected chi connectivity index (χ0v) is 14.7. The van der Waals surface area contributed by atoms with Crippen LogP contribution in [-0.2, 0) is 17.6 Å². The minimum absolute atomic E-state index is 0.294. The average Bonchev–Trinajstić information content (AvgIpc) is 2.57. The van der Waals surface area contributed by atoms with Crippen LogP contribution in [0.1, 0.15) is 38.3 Å². The molecule has 1 N–H and O–H groups in total. The van der Waals surface area contributed by atoms with Crippen molar-refractivity contribution in [2.75, 3.05) is 32.8 Å². The Morgan fingerprint density at radius 2 is 2.00 bits per heavy atom. The first-order valence-electron chi connectivity index (χ1n) is 8.87. The molecule has 1 aliphatic rings. The van der Waals surface area contributed by atoms with Crippen molar-refractivity contribution >= 4 is 5.91 Å². The van der Waals surface area contributed by atoms with Gasteiger partial charge in [-0.3, -0.25) is 4.79 Å². The van der Waals surface area contributed by atoms with Crippen LogP contribution in [0, 0.1) is 5.92 Å². The molecule has 1 aromatic carbocycles. The van der Waals surface area contributed by atoms with Gasteiger partial charge in [-0.1, -0.05) is 19.9 Å². The third kappa shape index (κ3) is 5.24. The SMILES string of the molecule is CCOc1ccc(CC(C)CC(=O)N2CCNCC2)c(CC)c1. The quantitative estimate of drug-likeness (QED) is 0.840. The van der Waals surface area contributed by atoms with E-state index in [0.717, 1.165) is 44.8 Å². The van der Waals surface area contributed by atoms with Crippen LogP contribution in [-0.4, -0.2) is 43.6 Å². The highest BCUT2D eigenvalue weighted by Gasteiger charge is 2.19. The number of hydrogen-bond acceptors (Lipinski definition) is 3. The number of nitrogens with one attached hydrogen (secondary N) is 1. The molecule has 4 heteroatoms. The van der Waals surface area contributed by atoms with Gasteiger partial charge in [0.05, 0.1) is 6.61 Å². The van der Waals surface area contributed by atoms with E-state index in [1.54, 1.807) is 0 Å². The number of piperazine rings is 1. The summed E-state index contributed by atoms with van der Waals surface area (Å²) in [5.74, 6) is 1.60. The maximum absolute atomic E-state index is 12.4. The highest BCUT2D eigenvalue weighted by atomic mass is 16.5. The summed E-state index contributed by atoms with van der Waals surface area (Å²) < 4.78 is 5.59. The summed E-state index contributed by atoms with van der Waals surface area (Å²) in [6.45, 7) is 10.6. The second kappa shape index (κ2) is 8.92. The van der Waals surface area contributed by atoms with Gasteiger partial charge in [-0.25, -0.2) is 0 Å². The summed E-state index contributed by atoms with van der Waals surface area (Å²) in [6.07, 6.45) is 2.58. The average molecular weight is 318 g/mol. The number of hydrogen-bond donors (Lipinski definition) is 1. The zero-order valence-electron chi connectivity index (χ0n) is 14.7. The predicted octanol–water partition coefficient (Wildman–Crippen LogP) is 2.65. The minimum Gasteiger partial charge on any atom is -0.494 e. The molecule has 128 valence electrons. The number of amides is 1. The molecule has 1 amide bonds. The molecular formula is C19H30N2O2. The lowest BCUT2D eigenvalue weighted by atomic mass is 9.93. The lowest BCUT2D eigenvalue weighted by Gasteiger charge is -2.28. The van der Waals surface area contributed by atoms with E-state index in [2.05, 4.69) is 31.3 Å². The number of benzene rings is 1. The Morgan fingerprint density at radius 3 is 2.65 bits per heavy atom. The molecule has 1 unspecified atom stereocenters. The molecule has 0 aliphatic carbocycles. The predicted molar refractivity (Wildman–Crippen MR) is 93.9 cm³/mol. The fraction of sp³-hybridized carbons (Fsp3) is 0.632. The van der Waals surface area contributed by atoms with Gasteiger partial charge in [0.1, 0.15) is 5.75 Å². The molecule has 4 nitrogen and oxygen atoms in total. The van der Waals surface area contributed by atoms with Crippen LogP contribution in [0.15, 0.2) is 18.2 Å². The minimum atomic E-state index is 0.294. The van der Waals surface area contributed by atoms with Crippen LogP contribution in [0.5, 0.6) is 5.75 Å². The van der Waals surface area contributed by atoms with Gasteiger partial charge in [-0.2, -0.15) is 0 Å². The van der Waals surface area contributed by atoms with Crippen LogP contribution >= 0.6 is 0 Å². The van der Waals surface area contributed by atoms with Crippen LogP contribution in [0.4, 0.5) is 0 Å². The number of nitrogens with zero attached hydrogens (tertiary/aromatic N) is 1. The molecule has 0 spiro atoms. The first-order chi connectivity index (χ1) is 11.1. The Morgan fingerprint density at radius 1 is 1.26 bits per heavy atom. The molecule has 1 atom stereocenters. The number of carbonyl (C=O) groups is 1. The van der Waals surface area contributed by atoms with E-state index in [-0.39, 0.29) is 0 Å². The standard InChI is InChI=1S/C19H30N2O2/c1-4-16-14-18(23-5-2)7-6-17(16)12-15(3)13-19(22)21-10-8-20-9-11-21/h6-7,14-15,20H,4-5,8-13H2,1-3H3. The summed E-state index contributed by atoms with van der Waals surface area (Å²) >= 11 is 0. The highest BCUT2D eigenvalue weighted by Crippen LogP contribution is 2.22. The fourth-order valence-electron chi connectivity index (χ4n) is 3.18. The third-order valence-electron chi connectivity index (χ3n) is 4.43. The van der Waals surface area contributed by atoms with Crippen molar-refractivity contribution in [2.24, 2.45) is 5.92 Å². The molecule has 2 rings (SSSR count).